The van der Waals surface area contributed by atoms with Crippen molar-refractivity contribution in [1.82, 2.24) is 0 Å². The van der Waals surface area contributed by atoms with E-state index in [0.717, 1.165) is 0 Å². The minimum Gasteiger partial charge on any atom is -0.464 e. The van der Waals surface area contributed by atoms with Gasteiger partial charge in [-0.2, -0.15) is 0 Å². The average Bonchev–Trinajstić information content (AvgIpc) is 2.18. The van der Waals surface area contributed by atoms with Gasteiger partial charge >= 0.3 is 0 Å². The Labute approximate surface area is 90.7 Å². The summed E-state index contributed by atoms with van der Waals surface area (Å²) >= 11 is 4.70. The van der Waals surface area contributed by atoms with E-state index < -0.39 is 0 Å². The standard InChI is InChI=1S/C10H8N2O2S/c11-10(15)12-6-1-2-9-7(5-6)8(13)3-4-14-9/h1-5H,(H3,11,12,15). The highest BCUT2D eigenvalue weighted by Crippen LogP contribution is 2.15. The van der Waals surface area contributed by atoms with Crippen molar-refractivity contribution in [3.05, 3.63) is 40.8 Å². The van der Waals surface area contributed by atoms with Crippen molar-refractivity contribution >= 4 is 34.0 Å². The van der Waals surface area contributed by atoms with Gasteiger partial charge in [0, 0.05) is 11.8 Å². The van der Waals surface area contributed by atoms with Crippen molar-refractivity contribution in [2.75, 3.05) is 5.32 Å². The maximum atomic E-state index is 11.5. The summed E-state index contributed by atoms with van der Waals surface area (Å²) in [6.07, 6.45) is 1.37. The molecule has 0 radical (unpaired) electrons. The lowest BCUT2D eigenvalue weighted by Gasteiger charge is -2.03. The molecule has 1 aromatic heterocycles. The summed E-state index contributed by atoms with van der Waals surface area (Å²) in [5.41, 5.74) is 6.44. The molecule has 3 N–H and O–H groups in total. The molecule has 0 saturated carbocycles. The lowest BCUT2D eigenvalue weighted by atomic mass is 10.2. The summed E-state index contributed by atoms with van der Waals surface area (Å²) in [4.78, 5) is 11.5. The molecule has 2 rings (SSSR count). The van der Waals surface area contributed by atoms with Crippen LogP contribution in [-0.2, 0) is 0 Å². The van der Waals surface area contributed by atoms with Gasteiger partial charge in [-0.1, -0.05) is 0 Å². The van der Waals surface area contributed by atoms with E-state index in [2.05, 4.69) is 5.32 Å². The van der Waals surface area contributed by atoms with Gasteiger partial charge in [0.15, 0.2) is 10.5 Å². The van der Waals surface area contributed by atoms with Crippen LogP contribution in [0.15, 0.2) is 39.7 Å². The van der Waals surface area contributed by atoms with Crippen LogP contribution in [0.1, 0.15) is 0 Å². The van der Waals surface area contributed by atoms with Crippen LogP contribution in [0.25, 0.3) is 11.0 Å². The zero-order valence-electron chi connectivity index (χ0n) is 7.69. The van der Waals surface area contributed by atoms with Crippen LogP contribution in [-0.4, -0.2) is 5.11 Å². The Balaban J connectivity index is 2.59. The molecule has 15 heavy (non-hydrogen) atoms. The van der Waals surface area contributed by atoms with E-state index in [4.69, 9.17) is 22.4 Å². The highest BCUT2D eigenvalue weighted by molar-refractivity contribution is 7.80. The van der Waals surface area contributed by atoms with E-state index in [9.17, 15) is 4.79 Å². The Morgan fingerprint density at radius 2 is 2.20 bits per heavy atom. The van der Waals surface area contributed by atoms with Crippen molar-refractivity contribution < 1.29 is 4.42 Å². The quantitative estimate of drug-likeness (QED) is 0.712. The number of nitrogens with one attached hydrogen (secondary N) is 1. The number of rotatable bonds is 1. The Bertz CT molecular complexity index is 577. The van der Waals surface area contributed by atoms with Crippen molar-refractivity contribution in [3.8, 4) is 0 Å². The molecule has 0 aliphatic heterocycles. The van der Waals surface area contributed by atoms with Gasteiger partial charge < -0.3 is 15.5 Å². The monoisotopic (exact) mass is 220 g/mol. The third kappa shape index (κ3) is 1.97. The Kier molecular flexibility index (Phi) is 2.39. The molecule has 0 amide bonds. The molecule has 4 nitrogen and oxygen atoms in total. The Morgan fingerprint density at radius 1 is 1.40 bits per heavy atom. The number of hydrogen-bond acceptors (Lipinski definition) is 3. The second-order valence-electron chi connectivity index (χ2n) is 2.99. The van der Waals surface area contributed by atoms with E-state index in [1.165, 1.54) is 12.3 Å². The van der Waals surface area contributed by atoms with E-state index in [-0.39, 0.29) is 10.5 Å². The molecular weight excluding hydrogens is 212 g/mol. The second kappa shape index (κ2) is 3.70. The smallest absolute Gasteiger partial charge is 0.192 e. The molecule has 0 aliphatic rings. The van der Waals surface area contributed by atoms with Crippen molar-refractivity contribution in [1.29, 1.82) is 0 Å². The maximum Gasteiger partial charge on any atom is 0.192 e. The van der Waals surface area contributed by atoms with Crippen LogP contribution in [0.2, 0.25) is 0 Å². The molecule has 5 heteroatoms. The van der Waals surface area contributed by atoms with Crippen LogP contribution >= 0.6 is 12.2 Å². The Morgan fingerprint density at radius 3 is 2.93 bits per heavy atom. The molecule has 0 spiro atoms. The highest BCUT2D eigenvalue weighted by atomic mass is 32.1. The van der Waals surface area contributed by atoms with Gasteiger partial charge in [-0.05, 0) is 30.4 Å². The Hall–Kier alpha value is -1.88. The van der Waals surface area contributed by atoms with Gasteiger partial charge in [-0.25, -0.2) is 0 Å². The van der Waals surface area contributed by atoms with Gasteiger partial charge in [0.1, 0.15) is 5.58 Å². The number of anilines is 1. The molecule has 0 saturated heterocycles. The number of nitrogens with two attached hydrogens (primary N) is 1. The highest BCUT2D eigenvalue weighted by Gasteiger charge is 2.01. The SMILES string of the molecule is NC(=S)Nc1ccc2occc(=O)c2c1. The first-order valence-electron chi connectivity index (χ1n) is 4.25. The molecule has 0 aliphatic carbocycles. The van der Waals surface area contributed by atoms with Crippen LogP contribution in [0.5, 0.6) is 0 Å². The normalized spacial score (nSPS) is 10.1. The molecule has 1 aromatic carbocycles. The van der Waals surface area contributed by atoms with E-state index in [1.54, 1.807) is 18.2 Å². The fraction of sp³-hybridized carbons (Fsp3) is 0. The van der Waals surface area contributed by atoms with Crippen molar-refractivity contribution in [2.45, 2.75) is 0 Å². The topological polar surface area (TPSA) is 68.3 Å². The number of benzene rings is 1. The number of thiocarbonyl (C=S) groups is 1. The summed E-state index contributed by atoms with van der Waals surface area (Å²) in [5.74, 6) is 0. The minimum absolute atomic E-state index is 0.0946. The predicted octanol–water partition coefficient (Wildman–Crippen LogP) is 1.45. The van der Waals surface area contributed by atoms with Crippen LogP contribution in [0.3, 0.4) is 0 Å². The summed E-state index contributed by atoms with van der Waals surface area (Å²) in [7, 11) is 0. The van der Waals surface area contributed by atoms with Gasteiger partial charge in [0.05, 0.1) is 11.6 Å². The lowest BCUT2D eigenvalue weighted by molar-refractivity contribution is 0.602. The number of fused-ring (bicyclic) bond motifs is 1. The summed E-state index contributed by atoms with van der Waals surface area (Å²) in [5, 5.41) is 3.41. The fourth-order valence-corrected chi connectivity index (χ4v) is 1.42. The predicted molar refractivity (Wildman–Crippen MR) is 62.9 cm³/mol. The molecule has 0 unspecified atom stereocenters. The van der Waals surface area contributed by atoms with Crippen LogP contribution in [0.4, 0.5) is 5.69 Å². The van der Waals surface area contributed by atoms with Gasteiger partial charge in [0.2, 0.25) is 0 Å². The zero-order valence-corrected chi connectivity index (χ0v) is 8.51. The van der Waals surface area contributed by atoms with Crippen molar-refractivity contribution in [2.24, 2.45) is 5.73 Å². The molecule has 76 valence electrons. The molecule has 1 heterocycles. The van der Waals surface area contributed by atoms with Crippen molar-refractivity contribution in [3.63, 3.8) is 0 Å². The minimum atomic E-state index is -0.0946. The zero-order chi connectivity index (χ0) is 10.8. The largest absolute Gasteiger partial charge is 0.464 e. The molecule has 0 fully saturated rings. The van der Waals surface area contributed by atoms with E-state index in [1.807, 2.05) is 0 Å². The third-order valence-electron chi connectivity index (χ3n) is 1.93. The third-order valence-corrected chi connectivity index (χ3v) is 2.03. The fourth-order valence-electron chi connectivity index (χ4n) is 1.30. The first kappa shape index (κ1) is 9.67. The summed E-state index contributed by atoms with van der Waals surface area (Å²) in [6, 6.07) is 6.45. The van der Waals surface area contributed by atoms with Gasteiger partial charge in [-0.15, -0.1) is 0 Å². The van der Waals surface area contributed by atoms with E-state index in [0.29, 0.717) is 16.7 Å². The first-order chi connectivity index (χ1) is 7.16. The molecule has 2 aromatic rings. The molecule has 0 bridgehead atoms. The summed E-state index contributed by atoms with van der Waals surface area (Å²) < 4.78 is 5.16. The molecule has 0 atom stereocenters. The van der Waals surface area contributed by atoms with E-state index >= 15 is 0 Å². The maximum absolute atomic E-state index is 11.5. The van der Waals surface area contributed by atoms with Gasteiger partial charge in [-0.3, -0.25) is 4.79 Å². The second-order valence-corrected chi connectivity index (χ2v) is 3.42. The number of hydrogen-bond donors (Lipinski definition) is 2. The van der Waals surface area contributed by atoms with Gasteiger partial charge in [0.25, 0.3) is 0 Å². The van der Waals surface area contributed by atoms with Crippen LogP contribution in [0, 0.1) is 0 Å². The molecular formula is C10H8N2O2S. The first-order valence-corrected chi connectivity index (χ1v) is 4.66. The van der Waals surface area contributed by atoms with Crippen LogP contribution < -0.4 is 16.5 Å². The average molecular weight is 220 g/mol. The lowest BCUT2D eigenvalue weighted by Crippen LogP contribution is -2.18. The summed E-state index contributed by atoms with van der Waals surface area (Å²) in [6.45, 7) is 0.